The number of carboxylic acids is 1. The molecule has 2 heteroatoms. The molecule has 5 unspecified atom stereocenters. The van der Waals surface area contributed by atoms with Crippen molar-refractivity contribution in [1.29, 1.82) is 0 Å². The van der Waals surface area contributed by atoms with Crippen LogP contribution in [0, 0.1) is 28.6 Å². The van der Waals surface area contributed by atoms with E-state index in [-0.39, 0.29) is 5.41 Å². The monoisotopic (exact) mass is 304 g/mol. The maximum atomic E-state index is 11.7. The molecule has 4 bridgehead atoms. The standard InChI is InChI=1S/C20H32O2/c1-5-16(13(4)18(21)22)20-10-14-8-15(17(20)6-2)11-19(7-3,9-14)12-20/h14-15,17H,5-12H2,1-4H3,(H,21,22). The summed E-state index contributed by atoms with van der Waals surface area (Å²) in [7, 11) is 0. The van der Waals surface area contributed by atoms with Gasteiger partial charge in [-0.2, -0.15) is 0 Å². The second-order valence-corrected chi connectivity index (χ2v) is 8.44. The second-order valence-electron chi connectivity index (χ2n) is 8.44. The van der Waals surface area contributed by atoms with Gasteiger partial charge in [-0.1, -0.05) is 39.2 Å². The Labute approximate surface area is 135 Å². The SMILES string of the molecule is CCC(=C(C)C(=O)O)C12CC3CC(CC(CC)(C3)C1)C2CC. The molecule has 0 amide bonds. The van der Waals surface area contributed by atoms with Crippen LogP contribution in [0.4, 0.5) is 0 Å². The van der Waals surface area contributed by atoms with Crippen molar-refractivity contribution in [2.75, 3.05) is 0 Å². The molecule has 5 atom stereocenters. The first-order valence-corrected chi connectivity index (χ1v) is 9.35. The molecule has 0 aromatic rings. The van der Waals surface area contributed by atoms with Crippen LogP contribution in [-0.2, 0) is 4.79 Å². The lowest BCUT2D eigenvalue weighted by atomic mass is 9.38. The Morgan fingerprint density at radius 1 is 1.18 bits per heavy atom. The van der Waals surface area contributed by atoms with Crippen LogP contribution in [0.3, 0.4) is 0 Å². The Morgan fingerprint density at radius 2 is 1.91 bits per heavy atom. The maximum Gasteiger partial charge on any atom is 0.331 e. The zero-order valence-electron chi connectivity index (χ0n) is 14.7. The van der Waals surface area contributed by atoms with E-state index in [2.05, 4.69) is 20.8 Å². The van der Waals surface area contributed by atoms with Crippen LogP contribution in [0.15, 0.2) is 11.1 Å². The number of hydrogen-bond donors (Lipinski definition) is 1. The Bertz CT molecular complexity index is 506. The molecule has 4 rings (SSSR count). The van der Waals surface area contributed by atoms with Crippen LogP contribution in [0.1, 0.15) is 79.1 Å². The van der Waals surface area contributed by atoms with Crippen LogP contribution in [0.5, 0.6) is 0 Å². The molecule has 2 nitrogen and oxygen atoms in total. The summed E-state index contributed by atoms with van der Waals surface area (Å²) in [6.45, 7) is 8.72. The Kier molecular flexibility index (Phi) is 3.94. The van der Waals surface area contributed by atoms with Gasteiger partial charge in [-0.15, -0.1) is 0 Å². The third-order valence-corrected chi connectivity index (χ3v) is 7.59. The van der Waals surface area contributed by atoms with Gasteiger partial charge in [0.25, 0.3) is 0 Å². The molecule has 4 aliphatic carbocycles. The van der Waals surface area contributed by atoms with E-state index in [4.69, 9.17) is 0 Å². The van der Waals surface area contributed by atoms with Gasteiger partial charge < -0.3 is 5.11 Å². The van der Waals surface area contributed by atoms with Crippen LogP contribution in [0.2, 0.25) is 0 Å². The van der Waals surface area contributed by atoms with Crippen LogP contribution < -0.4 is 0 Å². The lowest BCUT2D eigenvalue weighted by Gasteiger charge is -2.67. The summed E-state index contributed by atoms with van der Waals surface area (Å²) < 4.78 is 0. The van der Waals surface area contributed by atoms with Crippen molar-refractivity contribution in [3.63, 3.8) is 0 Å². The van der Waals surface area contributed by atoms with E-state index in [1.807, 2.05) is 6.92 Å². The molecule has 0 aliphatic heterocycles. The van der Waals surface area contributed by atoms with E-state index in [0.29, 0.717) is 16.9 Å². The number of carbonyl (C=O) groups is 1. The van der Waals surface area contributed by atoms with E-state index in [9.17, 15) is 9.90 Å². The number of allylic oxidation sites excluding steroid dienone is 1. The van der Waals surface area contributed by atoms with Crippen LogP contribution in [-0.4, -0.2) is 11.1 Å². The molecule has 4 saturated carbocycles. The van der Waals surface area contributed by atoms with E-state index >= 15 is 0 Å². The number of rotatable bonds is 5. The molecule has 0 aromatic carbocycles. The van der Waals surface area contributed by atoms with Crippen LogP contribution in [0.25, 0.3) is 0 Å². The third-order valence-electron chi connectivity index (χ3n) is 7.59. The fourth-order valence-corrected chi connectivity index (χ4v) is 7.15. The molecular weight excluding hydrogens is 272 g/mol. The predicted molar refractivity (Wildman–Crippen MR) is 89.6 cm³/mol. The smallest absolute Gasteiger partial charge is 0.331 e. The maximum absolute atomic E-state index is 11.7. The Hall–Kier alpha value is -0.790. The molecule has 4 aliphatic rings. The largest absolute Gasteiger partial charge is 0.478 e. The van der Waals surface area contributed by atoms with Crippen molar-refractivity contribution in [3.05, 3.63) is 11.1 Å². The zero-order valence-corrected chi connectivity index (χ0v) is 14.7. The summed E-state index contributed by atoms with van der Waals surface area (Å²) in [5, 5.41) is 9.61. The average Bonchev–Trinajstić information content (AvgIpc) is 2.46. The normalized spacial score (nSPS) is 44.1. The summed E-state index contributed by atoms with van der Waals surface area (Å²) in [4.78, 5) is 11.7. The number of aliphatic carboxylic acids is 1. The van der Waals surface area contributed by atoms with Gasteiger partial charge in [0.1, 0.15) is 0 Å². The van der Waals surface area contributed by atoms with Gasteiger partial charge in [-0.25, -0.2) is 4.79 Å². The van der Waals surface area contributed by atoms with E-state index in [1.54, 1.807) is 0 Å². The highest BCUT2D eigenvalue weighted by Gasteiger charge is 2.62. The second kappa shape index (κ2) is 5.39. The molecule has 0 spiro atoms. The quantitative estimate of drug-likeness (QED) is 0.688. The molecule has 0 saturated heterocycles. The fourth-order valence-electron chi connectivity index (χ4n) is 7.15. The van der Waals surface area contributed by atoms with Gasteiger partial charge in [0.15, 0.2) is 0 Å². The highest BCUT2D eigenvalue weighted by Crippen LogP contribution is 2.71. The molecule has 1 N–H and O–H groups in total. The lowest BCUT2D eigenvalue weighted by molar-refractivity contribution is -0.143. The van der Waals surface area contributed by atoms with Crippen LogP contribution >= 0.6 is 0 Å². The van der Waals surface area contributed by atoms with Gasteiger partial charge in [0.05, 0.1) is 0 Å². The Morgan fingerprint density at radius 3 is 2.45 bits per heavy atom. The number of carboxylic acid groups (broad SMARTS) is 1. The fraction of sp³-hybridized carbons (Fsp3) is 0.850. The van der Waals surface area contributed by atoms with Gasteiger partial charge in [0, 0.05) is 5.57 Å². The number of hydrogen-bond acceptors (Lipinski definition) is 1. The van der Waals surface area contributed by atoms with Gasteiger partial charge in [-0.3, -0.25) is 0 Å². The molecule has 0 aromatic heterocycles. The molecule has 22 heavy (non-hydrogen) atoms. The zero-order chi connectivity index (χ0) is 16.1. The summed E-state index contributed by atoms with van der Waals surface area (Å²) in [6.07, 6.45) is 10.1. The lowest BCUT2D eigenvalue weighted by Crippen LogP contribution is -2.57. The van der Waals surface area contributed by atoms with E-state index in [0.717, 1.165) is 18.3 Å². The summed E-state index contributed by atoms with van der Waals surface area (Å²) in [5.41, 5.74) is 2.65. The Balaban J connectivity index is 2.13. The summed E-state index contributed by atoms with van der Waals surface area (Å²) in [6, 6.07) is 0. The summed E-state index contributed by atoms with van der Waals surface area (Å²) in [5.74, 6) is 1.70. The first-order chi connectivity index (χ1) is 10.4. The van der Waals surface area contributed by atoms with Crippen molar-refractivity contribution < 1.29 is 9.90 Å². The van der Waals surface area contributed by atoms with Gasteiger partial charge >= 0.3 is 5.97 Å². The molecular formula is C20H32O2. The minimum Gasteiger partial charge on any atom is -0.478 e. The van der Waals surface area contributed by atoms with E-state index < -0.39 is 5.97 Å². The molecule has 0 heterocycles. The highest BCUT2D eigenvalue weighted by molar-refractivity contribution is 5.87. The van der Waals surface area contributed by atoms with Crippen molar-refractivity contribution in [1.82, 2.24) is 0 Å². The van der Waals surface area contributed by atoms with Crippen molar-refractivity contribution in [3.8, 4) is 0 Å². The minimum atomic E-state index is -0.701. The van der Waals surface area contributed by atoms with Crippen molar-refractivity contribution >= 4 is 5.97 Å². The average molecular weight is 304 g/mol. The van der Waals surface area contributed by atoms with Crippen molar-refractivity contribution in [2.45, 2.75) is 79.1 Å². The topological polar surface area (TPSA) is 37.3 Å². The van der Waals surface area contributed by atoms with E-state index in [1.165, 1.54) is 50.5 Å². The first-order valence-electron chi connectivity index (χ1n) is 9.35. The van der Waals surface area contributed by atoms with Gasteiger partial charge in [0.2, 0.25) is 0 Å². The summed E-state index contributed by atoms with van der Waals surface area (Å²) >= 11 is 0. The minimum absolute atomic E-state index is 0.200. The molecule has 124 valence electrons. The van der Waals surface area contributed by atoms with Crippen molar-refractivity contribution in [2.24, 2.45) is 28.6 Å². The molecule has 4 fully saturated rings. The highest BCUT2D eigenvalue weighted by atomic mass is 16.4. The predicted octanol–water partition coefficient (Wildman–Crippen LogP) is 5.43. The first kappa shape index (κ1) is 16.1. The molecule has 0 radical (unpaired) electrons. The van der Waals surface area contributed by atoms with Gasteiger partial charge in [-0.05, 0) is 74.0 Å². The third kappa shape index (κ3) is 2.09.